The van der Waals surface area contributed by atoms with Crippen LogP contribution in [-0.2, 0) is 20.0 Å². The molecule has 2 N–H and O–H groups in total. The zero-order valence-corrected chi connectivity index (χ0v) is 20.9. The fourth-order valence-electron chi connectivity index (χ4n) is 3.84. The van der Waals surface area contributed by atoms with Gasteiger partial charge in [0.05, 0.1) is 15.5 Å². The molecule has 0 aliphatic carbocycles. The minimum atomic E-state index is -3.81. The molecule has 1 amide bonds. The third kappa shape index (κ3) is 5.72. The number of piperidine rings is 1. The van der Waals surface area contributed by atoms with E-state index in [-0.39, 0.29) is 15.4 Å². The van der Waals surface area contributed by atoms with Gasteiger partial charge in [-0.05, 0) is 73.9 Å². The fourth-order valence-corrected chi connectivity index (χ4v) is 6.50. The Morgan fingerprint density at radius 1 is 0.800 bits per heavy atom. The van der Waals surface area contributed by atoms with Gasteiger partial charge in [0, 0.05) is 24.3 Å². The number of nitrogens with one attached hydrogen (secondary N) is 2. The summed E-state index contributed by atoms with van der Waals surface area (Å²) in [6, 6.07) is 18.7. The second-order valence-corrected chi connectivity index (χ2v) is 12.0. The lowest BCUT2D eigenvalue weighted by molar-refractivity contribution is 0.102. The van der Waals surface area contributed by atoms with Crippen LogP contribution in [0.25, 0.3) is 0 Å². The summed E-state index contributed by atoms with van der Waals surface area (Å²) in [7, 11) is -7.36. The third-order valence-electron chi connectivity index (χ3n) is 5.86. The molecule has 0 bridgehead atoms. The number of rotatable bonds is 7. The van der Waals surface area contributed by atoms with Gasteiger partial charge in [0.15, 0.2) is 0 Å². The number of nitrogens with zero attached hydrogens (tertiary/aromatic N) is 1. The topological polar surface area (TPSA) is 113 Å². The summed E-state index contributed by atoms with van der Waals surface area (Å²) in [5.74, 6) is -0.447. The first kappa shape index (κ1) is 24.9. The summed E-state index contributed by atoms with van der Waals surface area (Å²) in [6.45, 7) is 2.78. The number of hydrogen-bond acceptors (Lipinski definition) is 5. The Balaban J connectivity index is 1.48. The number of benzene rings is 3. The van der Waals surface area contributed by atoms with E-state index in [2.05, 4.69) is 10.0 Å². The van der Waals surface area contributed by atoms with E-state index in [1.807, 2.05) is 0 Å². The monoisotopic (exact) mass is 513 g/mol. The van der Waals surface area contributed by atoms with E-state index in [1.165, 1.54) is 34.6 Å². The molecule has 3 aromatic rings. The van der Waals surface area contributed by atoms with Crippen molar-refractivity contribution in [3.05, 3.63) is 83.9 Å². The highest BCUT2D eigenvalue weighted by molar-refractivity contribution is 7.92. The molecule has 35 heavy (non-hydrogen) atoms. The van der Waals surface area contributed by atoms with Crippen LogP contribution in [-0.4, -0.2) is 40.1 Å². The van der Waals surface area contributed by atoms with Crippen LogP contribution in [0.5, 0.6) is 0 Å². The Kier molecular flexibility index (Phi) is 7.25. The van der Waals surface area contributed by atoms with E-state index in [0.717, 1.165) is 19.3 Å². The minimum Gasteiger partial charge on any atom is -0.322 e. The largest absolute Gasteiger partial charge is 0.322 e. The third-order valence-corrected chi connectivity index (χ3v) is 9.16. The van der Waals surface area contributed by atoms with E-state index in [1.54, 1.807) is 49.4 Å². The van der Waals surface area contributed by atoms with Gasteiger partial charge in [0.25, 0.3) is 15.9 Å². The van der Waals surface area contributed by atoms with Crippen molar-refractivity contribution in [2.24, 2.45) is 0 Å². The molecule has 10 heteroatoms. The normalized spacial score (nSPS) is 14.9. The van der Waals surface area contributed by atoms with Gasteiger partial charge < -0.3 is 5.32 Å². The minimum absolute atomic E-state index is 0.119. The van der Waals surface area contributed by atoms with Gasteiger partial charge in [-0.1, -0.05) is 30.7 Å². The lowest BCUT2D eigenvalue weighted by atomic mass is 10.1. The highest BCUT2D eigenvalue weighted by Gasteiger charge is 2.25. The molecule has 0 spiro atoms. The maximum Gasteiger partial charge on any atom is 0.261 e. The molecule has 0 aromatic heterocycles. The van der Waals surface area contributed by atoms with Crippen molar-refractivity contribution in [1.29, 1.82) is 0 Å². The predicted octanol–water partition coefficient (Wildman–Crippen LogP) is 4.22. The summed E-state index contributed by atoms with van der Waals surface area (Å²) in [5.41, 5.74) is 1.64. The van der Waals surface area contributed by atoms with Crippen LogP contribution in [0.1, 0.15) is 35.2 Å². The Morgan fingerprint density at radius 2 is 1.46 bits per heavy atom. The Morgan fingerprint density at radius 3 is 2.11 bits per heavy atom. The first-order chi connectivity index (χ1) is 16.7. The van der Waals surface area contributed by atoms with Crippen molar-refractivity contribution in [2.45, 2.75) is 36.0 Å². The second-order valence-electron chi connectivity index (χ2n) is 8.39. The summed E-state index contributed by atoms with van der Waals surface area (Å²) in [5, 5.41) is 2.73. The number of sulfonamides is 2. The maximum atomic E-state index is 12.8. The van der Waals surface area contributed by atoms with Crippen molar-refractivity contribution in [3.63, 3.8) is 0 Å². The lowest BCUT2D eigenvalue weighted by Gasteiger charge is -2.25. The molecule has 1 heterocycles. The molecular weight excluding hydrogens is 486 g/mol. The van der Waals surface area contributed by atoms with E-state index in [0.29, 0.717) is 30.0 Å². The van der Waals surface area contributed by atoms with Gasteiger partial charge in [0.2, 0.25) is 10.0 Å². The van der Waals surface area contributed by atoms with Gasteiger partial charge in [-0.2, -0.15) is 4.31 Å². The molecule has 0 saturated carbocycles. The highest BCUT2D eigenvalue weighted by atomic mass is 32.2. The van der Waals surface area contributed by atoms with Crippen molar-refractivity contribution in [2.75, 3.05) is 23.1 Å². The standard InChI is InChI=1S/C25H27N3O5S2/c1-19-10-11-20(18-24(19)27-34(30,31)22-8-4-2-5-9-22)25(29)26-21-12-14-23(15-13-21)35(32,33)28-16-6-3-7-17-28/h2,4-5,8-15,18,27H,3,6-7,16-17H2,1H3,(H,26,29). The first-order valence-electron chi connectivity index (χ1n) is 11.3. The summed E-state index contributed by atoms with van der Waals surface area (Å²) >= 11 is 0. The molecule has 1 aliphatic heterocycles. The molecular formula is C25H27N3O5S2. The van der Waals surface area contributed by atoms with Crippen LogP contribution in [0.15, 0.2) is 82.6 Å². The van der Waals surface area contributed by atoms with Crippen LogP contribution in [0.3, 0.4) is 0 Å². The van der Waals surface area contributed by atoms with E-state index < -0.39 is 26.0 Å². The van der Waals surface area contributed by atoms with Crippen LogP contribution >= 0.6 is 0 Å². The molecule has 1 aliphatic rings. The van der Waals surface area contributed by atoms with E-state index >= 15 is 0 Å². The molecule has 8 nitrogen and oxygen atoms in total. The van der Waals surface area contributed by atoms with Crippen LogP contribution in [0, 0.1) is 6.92 Å². The quantitative estimate of drug-likeness (QED) is 0.491. The molecule has 184 valence electrons. The molecule has 4 rings (SSSR count). The van der Waals surface area contributed by atoms with E-state index in [4.69, 9.17) is 0 Å². The first-order valence-corrected chi connectivity index (χ1v) is 14.2. The molecule has 3 aromatic carbocycles. The van der Waals surface area contributed by atoms with Crippen molar-refractivity contribution in [3.8, 4) is 0 Å². The van der Waals surface area contributed by atoms with Gasteiger partial charge in [0.1, 0.15) is 0 Å². The molecule has 1 fully saturated rings. The fraction of sp³-hybridized carbons (Fsp3) is 0.240. The molecule has 0 atom stereocenters. The van der Waals surface area contributed by atoms with Gasteiger partial charge >= 0.3 is 0 Å². The number of anilines is 2. The predicted molar refractivity (Wildman–Crippen MR) is 135 cm³/mol. The average molecular weight is 514 g/mol. The smallest absolute Gasteiger partial charge is 0.261 e. The zero-order chi connectivity index (χ0) is 25.1. The SMILES string of the molecule is Cc1ccc(C(=O)Nc2ccc(S(=O)(=O)N3CCCCC3)cc2)cc1NS(=O)(=O)c1ccccc1. The zero-order valence-electron chi connectivity index (χ0n) is 19.3. The van der Waals surface area contributed by atoms with Gasteiger partial charge in [-0.3, -0.25) is 9.52 Å². The van der Waals surface area contributed by atoms with Crippen LogP contribution < -0.4 is 10.0 Å². The lowest BCUT2D eigenvalue weighted by Crippen LogP contribution is -2.35. The number of amides is 1. The molecule has 0 radical (unpaired) electrons. The second kappa shape index (κ2) is 10.2. The van der Waals surface area contributed by atoms with Crippen LogP contribution in [0.2, 0.25) is 0 Å². The number of hydrogen-bond donors (Lipinski definition) is 2. The number of carbonyl (C=O) groups excluding carboxylic acids is 1. The maximum absolute atomic E-state index is 12.8. The van der Waals surface area contributed by atoms with Crippen molar-refractivity contribution < 1.29 is 21.6 Å². The van der Waals surface area contributed by atoms with Crippen LogP contribution in [0.4, 0.5) is 11.4 Å². The van der Waals surface area contributed by atoms with Crippen molar-refractivity contribution in [1.82, 2.24) is 4.31 Å². The summed E-state index contributed by atoms with van der Waals surface area (Å²) < 4.78 is 55.0. The number of aryl methyl sites for hydroxylation is 1. The van der Waals surface area contributed by atoms with Crippen molar-refractivity contribution >= 4 is 37.3 Å². The summed E-state index contributed by atoms with van der Waals surface area (Å²) in [6.07, 6.45) is 2.74. The Hall–Kier alpha value is -3.21. The van der Waals surface area contributed by atoms with Gasteiger partial charge in [-0.25, -0.2) is 16.8 Å². The van der Waals surface area contributed by atoms with E-state index in [9.17, 15) is 21.6 Å². The highest BCUT2D eigenvalue weighted by Crippen LogP contribution is 2.24. The summed E-state index contributed by atoms with van der Waals surface area (Å²) in [4.78, 5) is 13.1. The average Bonchev–Trinajstić information content (AvgIpc) is 2.86. The Bertz CT molecular complexity index is 1420. The molecule has 0 unspecified atom stereocenters. The number of carbonyl (C=O) groups is 1. The Labute approximate surface area is 206 Å². The molecule has 1 saturated heterocycles. The van der Waals surface area contributed by atoms with Gasteiger partial charge in [-0.15, -0.1) is 0 Å².